The van der Waals surface area contributed by atoms with Crippen LogP contribution in [0.3, 0.4) is 0 Å². The van der Waals surface area contributed by atoms with Crippen molar-refractivity contribution in [2.75, 3.05) is 16.4 Å². The lowest BCUT2D eigenvalue weighted by atomic mass is 10.2. The van der Waals surface area contributed by atoms with Crippen LogP contribution < -0.4 is 10.6 Å². The summed E-state index contributed by atoms with van der Waals surface area (Å²) in [7, 11) is 0. The summed E-state index contributed by atoms with van der Waals surface area (Å²) in [4.78, 5) is 28.7. The van der Waals surface area contributed by atoms with Crippen molar-refractivity contribution in [1.29, 1.82) is 0 Å². The Morgan fingerprint density at radius 2 is 1.82 bits per heavy atom. The van der Waals surface area contributed by atoms with Crippen molar-refractivity contribution >= 4 is 46.3 Å². The van der Waals surface area contributed by atoms with Crippen LogP contribution in [0.2, 0.25) is 0 Å². The predicted octanol–water partition coefficient (Wildman–Crippen LogP) is 3.91. The molecule has 1 aromatic carbocycles. The number of aryl methyl sites for hydroxylation is 2. The summed E-state index contributed by atoms with van der Waals surface area (Å²) in [6.45, 7) is 5.35. The van der Waals surface area contributed by atoms with E-state index in [4.69, 9.17) is 0 Å². The SMILES string of the molecule is CC(=O)Nc1cccc(NC(=O)CSc2ccc(-c3sc(C)nc3C)nn2)c1. The van der Waals surface area contributed by atoms with Gasteiger partial charge in [-0.05, 0) is 44.2 Å². The number of nitrogens with zero attached hydrogens (tertiary/aromatic N) is 3. The van der Waals surface area contributed by atoms with Crippen molar-refractivity contribution in [3.63, 3.8) is 0 Å². The molecule has 7 nitrogen and oxygen atoms in total. The molecule has 0 aliphatic carbocycles. The topological polar surface area (TPSA) is 96.9 Å². The van der Waals surface area contributed by atoms with Crippen molar-refractivity contribution in [2.45, 2.75) is 25.8 Å². The first kappa shape index (κ1) is 20.0. The zero-order chi connectivity index (χ0) is 20.1. The molecule has 2 amide bonds. The molecule has 3 aromatic rings. The van der Waals surface area contributed by atoms with E-state index in [1.165, 1.54) is 18.7 Å². The van der Waals surface area contributed by atoms with Crippen molar-refractivity contribution in [2.24, 2.45) is 0 Å². The molecule has 0 unspecified atom stereocenters. The smallest absolute Gasteiger partial charge is 0.234 e. The number of rotatable bonds is 6. The maximum atomic E-state index is 12.2. The molecule has 2 aromatic heterocycles. The Bertz CT molecular complexity index is 1000. The standard InChI is InChI=1S/C19H19N5O2S2/c1-11-19(28-13(3)20-11)16-7-8-18(24-23-16)27-10-17(26)22-15-6-4-5-14(9-15)21-12(2)25/h4-9H,10H2,1-3H3,(H,21,25)(H,22,26). The lowest BCUT2D eigenvalue weighted by Gasteiger charge is -2.07. The number of thioether (sulfide) groups is 1. The van der Waals surface area contributed by atoms with Gasteiger partial charge in [-0.2, -0.15) is 0 Å². The zero-order valence-electron chi connectivity index (χ0n) is 15.6. The highest BCUT2D eigenvalue weighted by molar-refractivity contribution is 7.99. The van der Waals surface area contributed by atoms with E-state index in [1.807, 2.05) is 26.0 Å². The highest BCUT2D eigenvalue weighted by Crippen LogP contribution is 2.28. The molecule has 0 bridgehead atoms. The van der Waals surface area contributed by atoms with E-state index in [9.17, 15) is 9.59 Å². The average Bonchev–Trinajstić information content (AvgIpc) is 2.98. The molecular weight excluding hydrogens is 394 g/mol. The number of amides is 2. The Balaban J connectivity index is 1.56. The van der Waals surface area contributed by atoms with Gasteiger partial charge in [0.15, 0.2) is 0 Å². The van der Waals surface area contributed by atoms with Crippen LogP contribution in [0.1, 0.15) is 17.6 Å². The number of anilines is 2. The van der Waals surface area contributed by atoms with Gasteiger partial charge < -0.3 is 10.6 Å². The number of thiazole rings is 1. The maximum Gasteiger partial charge on any atom is 0.234 e. The van der Waals surface area contributed by atoms with E-state index in [2.05, 4.69) is 25.8 Å². The van der Waals surface area contributed by atoms with Crippen LogP contribution >= 0.6 is 23.1 Å². The van der Waals surface area contributed by atoms with Crippen LogP contribution in [-0.2, 0) is 9.59 Å². The van der Waals surface area contributed by atoms with Crippen LogP contribution in [0.25, 0.3) is 10.6 Å². The van der Waals surface area contributed by atoms with Crippen LogP contribution in [0.15, 0.2) is 41.4 Å². The number of carbonyl (C=O) groups is 2. The molecule has 0 fully saturated rings. The third kappa shape index (κ3) is 5.37. The van der Waals surface area contributed by atoms with Crippen molar-refractivity contribution in [3.05, 3.63) is 47.1 Å². The minimum absolute atomic E-state index is 0.162. The van der Waals surface area contributed by atoms with E-state index in [0.717, 1.165) is 21.3 Å². The molecule has 0 atom stereocenters. The molecule has 2 N–H and O–H groups in total. The monoisotopic (exact) mass is 413 g/mol. The molecular formula is C19H19N5O2S2. The Morgan fingerprint density at radius 3 is 2.43 bits per heavy atom. The molecule has 2 heterocycles. The van der Waals surface area contributed by atoms with E-state index in [0.29, 0.717) is 16.4 Å². The summed E-state index contributed by atoms with van der Waals surface area (Å²) in [5.74, 6) is -0.119. The first-order valence-electron chi connectivity index (χ1n) is 8.49. The fourth-order valence-corrected chi connectivity index (χ4v) is 4.00. The maximum absolute atomic E-state index is 12.2. The number of hydrogen-bond acceptors (Lipinski definition) is 7. The van der Waals surface area contributed by atoms with Gasteiger partial charge in [-0.25, -0.2) is 4.98 Å². The largest absolute Gasteiger partial charge is 0.326 e. The lowest BCUT2D eigenvalue weighted by molar-refractivity contribution is -0.114. The molecule has 0 aliphatic rings. The van der Waals surface area contributed by atoms with Crippen molar-refractivity contribution in [3.8, 4) is 10.6 Å². The highest BCUT2D eigenvalue weighted by Gasteiger charge is 2.11. The Labute approximate surface area is 171 Å². The predicted molar refractivity (Wildman–Crippen MR) is 113 cm³/mol. The Morgan fingerprint density at radius 1 is 1.07 bits per heavy atom. The fourth-order valence-electron chi connectivity index (χ4n) is 2.50. The Kier molecular flexibility index (Phi) is 6.37. The van der Waals surface area contributed by atoms with Gasteiger partial charge in [0.25, 0.3) is 0 Å². The quantitative estimate of drug-likeness (QED) is 0.595. The fraction of sp³-hybridized carbons (Fsp3) is 0.211. The van der Waals surface area contributed by atoms with Gasteiger partial charge in [-0.1, -0.05) is 17.8 Å². The highest BCUT2D eigenvalue weighted by atomic mass is 32.2. The van der Waals surface area contributed by atoms with Crippen LogP contribution in [-0.4, -0.2) is 32.7 Å². The molecule has 0 spiro atoms. The summed E-state index contributed by atoms with van der Waals surface area (Å²) in [5.41, 5.74) is 2.98. The molecule has 0 aliphatic heterocycles. The second-order valence-corrected chi connectivity index (χ2v) is 8.20. The number of carbonyl (C=O) groups excluding carboxylic acids is 2. The number of nitrogens with one attached hydrogen (secondary N) is 2. The minimum atomic E-state index is -0.162. The number of hydrogen-bond donors (Lipinski definition) is 2. The normalized spacial score (nSPS) is 10.5. The summed E-state index contributed by atoms with van der Waals surface area (Å²) < 4.78 is 0. The number of aromatic nitrogens is 3. The molecule has 144 valence electrons. The summed E-state index contributed by atoms with van der Waals surface area (Å²) >= 11 is 2.90. The summed E-state index contributed by atoms with van der Waals surface area (Å²) in [5, 5.41) is 15.6. The number of benzene rings is 1. The summed E-state index contributed by atoms with van der Waals surface area (Å²) in [6.07, 6.45) is 0. The van der Waals surface area contributed by atoms with E-state index < -0.39 is 0 Å². The van der Waals surface area contributed by atoms with Crippen molar-refractivity contribution < 1.29 is 9.59 Å². The van der Waals surface area contributed by atoms with E-state index in [-0.39, 0.29) is 17.6 Å². The van der Waals surface area contributed by atoms with Gasteiger partial charge in [0.05, 0.1) is 21.3 Å². The minimum Gasteiger partial charge on any atom is -0.326 e. The molecule has 0 saturated heterocycles. The van der Waals surface area contributed by atoms with Gasteiger partial charge in [0.2, 0.25) is 11.8 Å². The van der Waals surface area contributed by atoms with Crippen LogP contribution in [0.4, 0.5) is 11.4 Å². The van der Waals surface area contributed by atoms with Gasteiger partial charge >= 0.3 is 0 Å². The second kappa shape index (κ2) is 8.94. The molecule has 28 heavy (non-hydrogen) atoms. The molecule has 9 heteroatoms. The molecule has 0 saturated carbocycles. The average molecular weight is 414 g/mol. The zero-order valence-corrected chi connectivity index (χ0v) is 17.3. The first-order valence-corrected chi connectivity index (χ1v) is 10.3. The first-order chi connectivity index (χ1) is 13.4. The third-order valence-electron chi connectivity index (χ3n) is 3.59. The van der Waals surface area contributed by atoms with E-state index >= 15 is 0 Å². The van der Waals surface area contributed by atoms with Crippen LogP contribution in [0.5, 0.6) is 0 Å². The van der Waals surface area contributed by atoms with Crippen LogP contribution in [0, 0.1) is 13.8 Å². The summed E-state index contributed by atoms with van der Waals surface area (Å²) in [6, 6.07) is 10.7. The molecule has 3 rings (SSSR count). The van der Waals surface area contributed by atoms with Gasteiger partial charge in [-0.3, -0.25) is 9.59 Å². The van der Waals surface area contributed by atoms with Gasteiger partial charge in [0, 0.05) is 18.3 Å². The van der Waals surface area contributed by atoms with Gasteiger partial charge in [0.1, 0.15) is 10.7 Å². The van der Waals surface area contributed by atoms with Crippen molar-refractivity contribution in [1.82, 2.24) is 15.2 Å². The second-order valence-electron chi connectivity index (χ2n) is 6.00. The lowest BCUT2D eigenvalue weighted by Crippen LogP contribution is -2.14. The van der Waals surface area contributed by atoms with E-state index in [1.54, 1.807) is 35.6 Å². The third-order valence-corrected chi connectivity index (χ3v) is 5.61. The Hall–Kier alpha value is -2.78. The molecule has 0 radical (unpaired) electrons. The van der Waals surface area contributed by atoms with Gasteiger partial charge in [-0.15, -0.1) is 21.5 Å².